The van der Waals surface area contributed by atoms with Gasteiger partial charge in [0.25, 0.3) is 0 Å². The molecule has 0 aliphatic carbocycles. The molecule has 2 N–H and O–H groups in total. The van der Waals surface area contributed by atoms with Crippen molar-refractivity contribution < 1.29 is 9.53 Å². The van der Waals surface area contributed by atoms with Crippen LogP contribution in [-0.4, -0.2) is 12.6 Å². The first-order valence-electron chi connectivity index (χ1n) is 5.90. The van der Waals surface area contributed by atoms with Gasteiger partial charge in [-0.3, -0.25) is 4.79 Å². The van der Waals surface area contributed by atoms with Crippen LogP contribution in [0, 0.1) is 0 Å². The molecule has 0 aliphatic rings. The number of nitrogens with two attached hydrogens (primary N) is 1. The van der Waals surface area contributed by atoms with E-state index in [0.717, 1.165) is 5.56 Å². The lowest BCUT2D eigenvalue weighted by atomic mass is 10.0. The first-order valence-corrected chi connectivity index (χ1v) is 6.66. The van der Waals surface area contributed by atoms with Crippen molar-refractivity contribution in [1.82, 2.24) is 0 Å². The lowest BCUT2D eigenvalue weighted by Crippen LogP contribution is -2.12. The molecule has 100 valence electrons. The molecule has 18 heavy (non-hydrogen) atoms. The van der Waals surface area contributed by atoms with Crippen LogP contribution in [0.5, 0.6) is 0 Å². The molecule has 0 amide bonds. The number of ether oxygens (including phenoxy) is 1. The Kier molecular flexibility index (Phi) is 6.47. The number of benzene rings is 1. The molecule has 0 aromatic heterocycles. The minimum absolute atomic E-state index is 0.188. The maximum absolute atomic E-state index is 11.2. The lowest BCUT2D eigenvalue weighted by Gasteiger charge is -2.13. The molecule has 0 saturated heterocycles. The zero-order chi connectivity index (χ0) is 13.5. The Bertz CT molecular complexity index is 410. The minimum atomic E-state index is -0.191. The van der Waals surface area contributed by atoms with E-state index in [2.05, 4.69) is 0 Å². The van der Waals surface area contributed by atoms with Crippen molar-refractivity contribution in [2.45, 2.75) is 32.2 Å². The van der Waals surface area contributed by atoms with Crippen molar-refractivity contribution in [1.29, 1.82) is 0 Å². The highest BCUT2D eigenvalue weighted by Crippen LogP contribution is 2.27. The molecule has 1 unspecified atom stereocenters. The summed E-state index contributed by atoms with van der Waals surface area (Å²) in [6, 6.07) is 5.06. The lowest BCUT2D eigenvalue weighted by molar-refractivity contribution is -0.143. The second-order valence-electron chi connectivity index (χ2n) is 3.97. The van der Waals surface area contributed by atoms with Gasteiger partial charge in [-0.15, -0.1) is 0 Å². The summed E-state index contributed by atoms with van der Waals surface area (Å²) in [5.41, 5.74) is 6.88. The monoisotopic (exact) mass is 289 g/mol. The Morgan fingerprint density at radius 2 is 2.17 bits per heavy atom. The molecule has 1 atom stereocenters. The van der Waals surface area contributed by atoms with Gasteiger partial charge in [0.15, 0.2) is 0 Å². The van der Waals surface area contributed by atoms with Gasteiger partial charge in [-0.25, -0.2) is 0 Å². The van der Waals surface area contributed by atoms with Crippen molar-refractivity contribution in [3.8, 4) is 0 Å². The van der Waals surface area contributed by atoms with E-state index in [-0.39, 0.29) is 12.0 Å². The molecular weight excluding hydrogens is 273 g/mol. The van der Waals surface area contributed by atoms with Crippen molar-refractivity contribution in [2.75, 3.05) is 6.61 Å². The summed E-state index contributed by atoms with van der Waals surface area (Å²) in [4.78, 5) is 11.2. The van der Waals surface area contributed by atoms with E-state index in [1.165, 1.54) is 0 Å². The molecule has 0 aliphatic heterocycles. The molecule has 0 bridgehead atoms. The first kappa shape index (κ1) is 15.3. The van der Waals surface area contributed by atoms with E-state index in [4.69, 9.17) is 33.7 Å². The number of carbonyl (C=O) groups is 1. The third-order valence-corrected chi connectivity index (χ3v) is 3.13. The molecule has 5 heteroatoms. The average Bonchev–Trinajstić information content (AvgIpc) is 2.29. The summed E-state index contributed by atoms with van der Waals surface area (Å²) in [5, 5.41) is 1.15. The van der Waals surface area contributed by atoms with Crippen LogP contribution in [-0.2, 0) is 9.53 Å². The fourth-order valence-electron chi connectivity index (χ4n) is 1.66. The van der Waals surface area contributed by atoms with Gasteiger partial charge in [-0.2, -0.15) is 0 Å². The quantitative estimate of drug-likeness (QED) is 0.812. The fraction of sp³-hybridized carbons (Fsp3) is 0.462. The smallest absolute Gasteiger partial charge is 0.305 e. The second kappa shape index (κ2) is 7.62. The van der Waals surface area contributed by atoms with Gasteiger partial charge in [0, 0.05) is 22.5 Å². The average molecular weight is 290 g/mol. The highest BCUT2D eigenvalue weighted by molar-refractivity contribution is 6.35. The van der Waals surface area contributed by atoms with Gasteiger partial charge >= 0.3 is 5.97 Å². The normalized spacial score (nSPS) is 12.2. The van der Waals surface area contributed by atoms with Crippen LogP contribution in [0.4, 0.5) is 0 Å². The molecule has 1 aromatic carbocycles. The van der Waals surface area contributed by atoms with Gasteiger partial charge in [-0.05, 0) is 37.5 Å². The van der Waals surface area contributed by atoms with Gasteiger partial charge in [-0.1, -0.05) is 29.3 Å². The Hall–Kier alpha value is -0.770. The Labute approximate surface area is 117 Å². The topological polar surface area (TPSA) is 52.3 Å². The van der Waals surface area contributed by atoms with E-state index in [9.17, 15) is 4.79 Å². The summed E-state index contributed by atoms with van der Waals surface area (Å²) in [5.74, 6) is -0.188. The highest BCUT2D eigenvalue weighted by atomic mass is 35.5. The van der Waals surface area contributed by atoms with E-state index in [1.807, 2.05) is 6.07 Å². The van der Waals surface area contributed by atoms with Gasteiger partial charge in [0.2, 0.25) is 0 Å². The van der Waals surface area contributed by atoms with Gasteiger partial charge in [0.05, 0.1) is 6.61 Å². The number of hydrogen-bond acceptors (Lipinski definition) is 3. The number of esters is 1. The van der Waals surface area contributed by atoms with Crippen LogP contribution in [0.3, 0.4) is 0 Å². The molecule has 1 rings (SSSR count). The molecule has 3 nitrogen and oxygen atoms in total. The molecule has 0 spiro atoms. The predicted octanol–water partition coefficient (Wildman–Crippen LogP) is 3.73. The number of hydrogen-bond donors (Lipinski definition) is 1. The zero-order valence-electron chi connectivity index (χ0n) is 10.3. The number of rotatable bonds is 6. The third-order valence-electron chi connectivity index (χ3n) is 2.56. The minimum Gasteiger partial charge on any atom is -0.466 e. The molecule has 0 heterocycles. The molecule has 1 aromatic rings. The maximum atomic E-state index is 11.2. The SMILES string of the molecule is CCOC(=O)CCCC(N)c1ccc(Cl)cc1Cl. The van der Waals surface area contributed by atoms with E-state index >= 15 is 0 Å². The summed E-state index contributed by atoms with van der Waals surface area (Å²) in [7, 11) is 0. The second-order valence-corrected chi connectivity index (χ2v) is 4.81. The van der Waals surface area contributed by atoms with Crippen LogP contribution in [0.15, 0.2) is 18.2 Å². The molecular formula is C13H17Cl2NO2. The van der Waals surface area contributed by atoms with Crippen LogP contribution in [0.2, 0.25) is 10.0 Å². The van der Waals surface area contributed by atoms with E-state index < -0.39 is 0 Å². The summed E-state index contributed by atoms with van der Waals surface area (Å²) >= 11 is 11.9. The van der Waals surface area contributed by atoms with Crippen LogP contribution in [0.1, 0.15) is 37.8 Å². The Balaban J connectivity index is 2.45. The predicted molar refractivity (Wildman–Crippen MR) is 73.9 cm³/mol. The van der Waals surface area contributed by atoms with Crippen molar-refractivity contribution in [3.63, 3.8) is 0 Å². The maximum Gasteiger partial charge on any atom is 0.305 e. The summed E-state index contributed by atoms with van der Waals surface area (Å²) in [6.07, 6.45) is 1.74. The largest absolute Gasteiger partial charge is 0.466 e. The molecule has 0 fully saturated rings. The number of halogens is 2. The van der Waals surface area contributed by atoms with Crippen LogP contribution < -0.4 is 5.73 Å². The first-order chi connectivity index (χ1) is 8.54. The van der Waals surface area contributed by atoms with Crippen molar-refractivity contribution in [3.05, 3.63) is 33.8 Å². The third kappa shape index (κ3) is 4.84. The summed E-state index contributed by atoms with van der Waals surface area (Å²) in [6.45, 7) is 2.20. The standard InChI is InChI=1S/C13H17Cl2NO2/c1-2-18-13(17)5-3-4-12(16)10-7-6-9(14)8-11(10)15/h6-8,12H,2-5,16H2,1H3. The van der Waals surface area contributed by atoms with Crippen LogP contribution in [0.25, 0.3) is 0 Å². The zero-order valence-corrected chi connectivity index (χ0v) is 11.8. The molecule has 0 radical (unpaired) electrons. The van der Waals surface area contributed by atoms with Crippen LogP contribution >= 0.6 is 23.2 Å². The summed E-state index contributed by atoms with van der Waals surface area (Å²) < 4.78 is 4.85. The Morgan fingerprint density at radius 1 is 1.44 bits per heavy atom. The Morgan fingerprint density at radius 3 is 2.78 bits per heavy atom. The highest BCUT2D eigenvalue weighted by Gasteiger charge is 2.11. The fourth-order valence-corrected chi connectivity index (χ4v) is 2.21. The number of carbonyl (C=O) groups excluding carboxylic acids is 1. The van der Waals surface area contributed by atoms with Gasteiger partial charge < -0.3 is 10.5 Å². The van der Waals surface area contributed by atoms with E-state index in [1.54, 1.807) is 19.1 Å². The van der Waals surface area contributed by atoms with Crippen molar-refractivity contribution >= 4 is 29.2 Å². The van der Waals surface area contributed by atoms with Crippen molar-refractivity contribution in [2.24, 2.45) is 5.73 Å². The van der Waals surface area contributed by atoms with Gasteiger partial charge in [0.1, 0.15) is 0 Å². The molecule has 0 saturated carbocycles. The van der Waals surface area contributed by atoms with E-state index in [0.29, 0.717) is 35.9 Å².